The first kappa shape index (κ1) is 15.0. The first-order valence-electron chi connectivity index (χ1n) is 5.81. The number of alkyl halides is 3. The van der Waals surface area contributed by atoms with Crippen molar-refractivity contribution in [3.8, 4) is 0 Å². The Balaban J connectivity index is 2.59. The second kappa shape index (κ2) is 4.91. The van der Waals surface area contributed by atoms with E-state index in [9.17, 15) is 23.1 Å². The van der Waals surface area contributed by atoms with Gasteiger partial charge < -0.3 is 10.4 Å². The summed E-state index contributed by atoms with van der Waals surface area (Å²) in [6.45, 7) is 1.54. The molecule has 1 amide bonds. The molecule has 1 aliphatic carbocycles. The molecule has 6 heteroatoms. The average Bonchev–Trinajstić information content (AvgIpc) is 2.25. The van der Waals surface area contributed by atoms with E-state index in [1.165, 1.54) is 0 Å². The lowest BCUT2D eigenvalue weighted by Gasteiger charge is -2.32. The van der Waals surface area contributed by atoms with Crippen LogP contribution in [0.2, 0.25) is 0 Å². The zero-order valence-electron chi connectivity index (χ0n) is 10.5. The van der Waals surface area contributed by atoms with Crippen LogP contribution in [0.5, 0.6) is 0 Å². The molecule has 0 bridgehead atoms. The Labute approximate surface area is 104 Å². The molecule has 2 N–H and O–H groups in total. The molecule has 1 aliphatic rings. The summed E-state index contributed by atoms with van der Waals surface area (Å²) >= 11 is 0. The molecule has 2 atom stereocenters. The number of carbonyl (C=O) groups is 1. The molecular weight excluding hydrogens is 247 g/mol. The van der Waals surface area contributed by atoms with E-state index in [2.05, 4.69) is 5.32 Å². The Kier molecular flexibility index (Phi) is 4.10. The highest BCUT2D eigenvalue weighted by Gasteiger charge is 2.50. The van der Waals surface area contributed by atoms with Crippen molar-refractivity contribution in [1.82, 2.24) is 5.32 Å². The fraction of sp³-hybridized carbons (Fsp3) is 0.750. The highest BCUT2D eigenvalue weighted by Crippen LogP contribution is 2.33. The van der Waals surface area contributed by atoms with Gasteiger partial charge in [0, 0.05) is 0 Å². The zero-order chi connectivity index (χ0) is 14.0. The number of carbonyl (C=O) groups excluding carboxylic acids is 1. The SMILES string of the molecule is CC1(C(=O)NCC(C)(O)C(F)(F)F)CC=CCC1. The fourth-order valence-electron chi connectivity index (χ4n) is 1.74. The highest BCUT2D eigenvalue weighted by atomic mass is 19.4. The van der Waals surface area contributed by atoms with Gasteiger partial charge in [-0.2, -0.15) is 13.2 Å². The molecule has 0 spiro atoms. The maximum atomic E-state index is 12.4. The van der Waals surface area contributed by atoms with E-state index in [0.717, 1.165) is 6.42 Å². The van der Waals surface area contributed by atoms with Gasteiger partial charge in [0.15, 0.2) is 5.60 Å². The van der Waals surface area contributed by atoms with Crippen molar-refractivity contribution in [1.29, 1.82) is 0 Å². The fourth-order valence-corrected chi connectivity index (χ4v) is 1.74. The van der Waals surface area contributed by atoms with Crippen molar-refractivity contribution in [2.45, 2.75) is 44.9 Å². The van der Waals surface area contributed by atoms with E-state index in [1.807, 2.05) is 12.2 Å². The number of aliphatic hydroxyl groups is 1. The van der Waals surface area contributed by atoms with Crippen molar-refractivity contribution in [2.24, 2.45) is 5.41 Å². The minimum absolute atomic E-state index is 0.448. The van der Waals surface area contributed by atoms with Crippen LogP contribution in [-0.2, 0) is 4.79 Å². The number of hydrogen-bond acceptors (Lipinski definition) is 2. The van der Waals surface area contributed by atoms with Gasteiger partial charge in [-0.3, -0.25) is 4.79 Å². The monoisotopic (exact) mass is 265 g/mol. The van der Waals surface area contributed by atoms with Crippen LogP contribution in [-0.4, -0.2) is 29.3 Å². The molecule has 104 valence electrons. The number of nitrogens with one attached hydrogen (secondary N) is 1. The summed E-state index contributed by atoms with van der Waals surface area (Å²) in [5.41, 5.74) is -3.58. The summed E-state index contributed by atoms with van der Waals surface area (Å²) in [6, 6.07) is 0. The Morgan fingerprint density at radius 1 is 1.44 bits per heavy atom. The number of allylic oxidation sites excluding steroid dienone is 2. The van der Waals surface area contributed by atoms with Crippen LogP contribution in [0.1, 0.15) is 33.1 Å². The molecule has 18 heavy (non-hydrogen) atoms. The summed E-state index contributed by atoms with van der Waals surface area (Å²) in [6.07, 6.45) is 0.885. The molecule has 0 saturated carbocycles. The maximum absolute atomic E-state index is 12.4. The molecule has 2 unspecified atom stereocenters. The topological polar surface area (TPSA) is 49.3 Å². The van der Waals surface area contributed by atoms with Crippen molar-refractivity contribution < 1.29 is 23.1 Å². The third-order valence-electron chi connectivity index (χ3n) is 3.35. The van der Waals surface area contributed by atoms with E-state index >= 15 is 0 Å². The van der Waals surface area contributed by atoms with Crippen LogP contribution in [0.3, 0.4) is 0 Å². The molecular formula is C12H18F3NO2. The first-order valence-corrected chi connectivity index (χ1v) is 5.81. The Morgan fingerprint density at radius 3 is 2.50 bits per heavy atom. The summed E-state index contributed by atoms with van der Waals surface area (Å²) in [5.74, 6) is -0.448. The van der Waals surface area contributed by atoms with Gasteiger partial charge >= 0.3 is 6.18 Å². The molecule has 0 aromatic carbocycles. The van der Waals surface area contributed by atoms with Gasteiger partial charge in [0.1, 0.15) is 0 Å². The molecule has 0 aromatic heterocycles. The second-order valence-electron chi connectivity index (χ2n) is 5.23. The standard InChI is InChI=1S/C12H18F3NO2/c1-10(6-4-3-5-7-10)9(17)16-8-11(2,18)12(13,14)15/h3-4,18H,5-8H2,1-2H3,(H,16,17). The summed E-state index contributed by atoms with van der Waals surface area (Å²) in [5, 5.41) is 11.4. The average molecular weight is 265 g/mol. The van der Waals surface area contributed by atoms with Gasteiger partial charge in [0.25, 0.3) is 0 Å². The van der Waals surface area contributed by atoms with Crippen molar-refractivity contribution in [2.75, 3.05) is 6.54 Å². The van der Waals surface area contributed by atoms with Gasteiger partial charge in [-0.1, -0.05) is 19.1 Å². The Morgan fingerprint density at radius 2 is 2.06 bits per heavy atom. The van der Waals surface area contributed by atoms with Crippen LogP contribution >= 0.6 is 0 Å². The van der Waals surface area contributed by atoms with Gasteiger partial charge in [-0.05, 0) is 26.2 Å². The normalized spacial score (nSPS) is 27.7. The Hall–Kier alpha value is -1.04. The zero-order valence-corrected chi connectivity index (χ0v) is 10.5. The molecule has 3 nitrogen and oxygen atoms in total. The lowest BCUT2D eigenvalue weighted by molar-refractivity contribution is -0.250. The summed E-state index contributed by atoms with van der Waals surface area (Å²) in [4.78, 5) is 11.9. The smallest absolute Gasteiger partial charge is 0.379 e. The van der Waals surface area contributed by atoms with Crippen LogP contribution in [0.25, 0.3) is 0 Å². The number of amides is 1. The minimum Gasteiger partial charge on any atom is -0.379 e. The van der Waals surface area contributed by atoms with Crippen molar-refractivity contribution >= 4 is 5.91 Å². The predicted octanol–water partition coefficient (Wildman–Crippen LogP) is 2.16. The molecule has 0 aromatic rings. The van der Waals surface area contributed by atoms with Crippen molar-refractivity contribution in [3.05, 3.63) is 12.2 Å². The molecule has 0 saturated heterocycles. The minimum atomic E-state index is -4.76. The largest absolute Gasteiger partial charge is 0.418 e. The first-order chi connectivity index (χ1) is 8.08. The molecule has 1 rings (SSSR count). The maximum Gasteiger partial charge on any atom is 0.418 e. The van der Waals surface area contributed by atoms with Gasteiger partial charge in [0.05, 0.1) is 12.0 Å². The summed E-state index contributed by atoms with van der Waals surface area (Å²) in [7, 11) is 0. The lowest BCUT2D eigenvalue weighted by Crippen LogP contribution is -2.53. The van der Waals surface area contributed by atoms with Crippen LogP contribution in [0, 0.1) is 5.41 Å². The summed E-state index contributed by atoms with van der Waals surface area (Å²) < 4.78 is 37.2. The van der Waals surface area contributed by atoms with E-state index in [-0.39, 0.29) is 0 Å². The predicted molar refractivity (Wildman–Crippen MR) is 60.8 cm³/mol. The van der Waals surface area contributed by atoms with Crippen LogP contribution in [0.4, 0.5) is 13.2 Å². The number of rotatable bonds is 3. The van der Waals surface area contributed by atoms with E-state index in [4.69, 9.17) is 0 Å². The molecule has 0 heterocycles. The highest BCUT2D eigenvalue weighted by molar-refractivity contribution is 5.82. The Bertz CT molecular complexity index is 350. The third-order valence-corrected chi connectivity index (χ3v) is 3.35. The number of hydrogen-bond donors (Lipinski definition) is 2. The lowest BCUT2D eigenvalue weighted by atomic mass is 9.78. The van der Waals surface area contributed by atoms with E-state index in [0.29, 0.717) is 19.8 Å². The molecule has 0 radical (unpaired) electrons. The van der Waals surface area contributed by atoms with Crippen molar-refractivity contribution in [3.63, 3.8) is 0 Å². The van der Waals surface area contributed by atoms with E-state index in [1.54, 1.807) is 6.92 Å². The number of halogens is 3. The van der Waals surface area contributed by atoms with Crippen LogP contribution in [0.15, 0.2) is 12.2 Å². The van der Waals surface area contributed by atoms with Gasteiger partial charge in [-0.15, -0.1) is 0 Å². The van der Waals surface area contributed by atoms with E-state index < -0.39 is 29.6 Å². The molecule has 0 aliphatic heterocycles. The second-order valence-corrected chi connectivity index (χ2v) is 5.23. The quantitative estimate of drug-likeness (QED) is 0.768. The molecule has 0 fully saturated rings. The third kappa shape index (κ3) is 3.25. The van der Waals surface area contributed by atoms with Gasteiger partial charge in [-0.25, -0.2) is 0 Å². The van der Waals surface area contributed by atoms with Crippen LogP contribution < -0.4 is 5.32 Å². The van der Waals surface area contributed by atoms with Gasteiger partial charge in [0.2, 0.25) is 5.91 Å².